The van der Waals surface area contributed by atoms with E-state index in [2.05, 4.69) is 10.6 Å². The molecule has 80 heavy (non-hydrogen) atoms. The lowest BCUT2D eigenvalue weighted by Crippen LogP contribution is -2.56. The van der Waals surface area contributed by atoms with Crippen molar-refractivity contribution in [2.75, 3.05) is 13.2 Å². The van der Waals surface area contributed by atoms with E-state index in [1.54, 1.807) is 38.1 Å². The zero-order valence-corrected chi connectivity index (χ0v) is 44.4. The second-order valence-corrected chi connectivity index (χ2v) is 20.2. The van der Waals surface area contributed by atoms with Gasteiger partial charge in [0, 0.05) is 49.7 Å². The van der Waals surface area contributed by atoms with Crippen molar-refractivity contribution in [2.45, 2.75) is 69.0 Å². The van der Waals surface area contributed by atoms with Crippen LogP contribution >= 0.6 is 0 Å². The molecule has 3 aliphatic carbocycles. The third-order valence-electron chi connectivity index (χ3n) is 14.9. The van der Waals surface area contributed by atoms with Crippen LogP contribution in [0, 0.1) is 0 Å². The number of rotatable bonds is 10. The van der Waals surface area contributed by atoms with Crippen LogP contribution in [-0.4, -0.2) is 75.7 Å². The van der Waals surface area contributed by atoms with Gasteiger partial charge in [-0.3, -0.25) is 14.4 Å². The largest absolute Gasteiger partial charge is 0.479 e. The molecule has 0 aromatic heterocycles. The molecule has 9 aromatic carbocycles. The van der Waals surface area contributed by atoms with Gasteiger partial charge in [-0.25, -0.2) is 14.4 Å². The maximum Gasteiger partial charge on any atom is 0.336 e. The fourth-order valence-corrected chi connectivity index (χ4v) is 11.0. The van der Waals surface area contributed by atoms with Crippen molar-refractivity contribution in [3.8, 4) is 0 Å². The summed E-state index contributed by atoms with van der Waals surface area (Å²) in [5, 5.41) is 29.9. The van der Waals surface area contributed by atoms with Crippen LogP contribution in [0.5, 0.6) is 0 Å². The SMILES string of the molecule is CCOC(=O)C1(N)Cc2ccccc2C1.CCOC(=O)C1(NC(=O)c2cccc3ccccc23)Cc2ccccc2C1.O=C(NC1(C(=O)O)Cc2ccccc2C1)c1cccc2ccccc12.O=C(O)c1cccc2ccccc12. The van der Waals surface area contributed by atoms with Gasteiger partial charge >= 0.3 is 23.9 Å². The standard InChI is InChI=1S/C23H21NO3.C21H17NO3.C12H15NO2.C11H8O2/c1-2-27-22(26)23(14-17-9-3-4-10-18(17)15-23)24-21(25)20-13-7-11-16-8-5-6-12-19(16)20;23-19(18-11-5-9-14-6-3-4-10-17(14)18)22-21(20(24)25)12-15-7-1-2-8-16(15)13-21;1-2-15-11(14)12(13)7-9-5-3-4-6-10(9)8-12;12-11(13)10-7-3-5-8-4-1-2-6-9(8)10/h3-13H,2,14-15H2,1H3,(H,24,25);1-11H,12-13H2,(H,22,23)(H,24,25);3-6H,2,7-8,13H2,1H3;1-7H,(H,12,13). The Morgan fingerprint density at radius 3 is 1.07 bits per heavy atom. The maximum atomic E-state index is 13.2. The number of hydrogen-bond acceptors (Lipinski definition) is 9. The Hall–Kier alpha value is -9.46. The number of hydrogen-bond donors (Lipinski definition) is 5. The van der Waals surface area contributed by atoms with Gasteiger partial charge in [-0.1, -0.05) is 182 Å². The van der Waals surface area contributed by atoms with Crippen LogP contribution in [0.2, 0.25) is 0 Å². The Morgan fingerprint density at radius 2 is 0.700 bits per heavy atom. The number of fused-ring (bicyclic) bond motifs is 6. The first kappa shape index (κ1) is 55.3. The molecule has 404 valence electrons. The molecule has 0 atom stereocenters. The minimum atomic E-state index is -1.29. The minimum Gasteiger partial charge on any atom is -0.479 e. The Labute approximate surface area is 463 Å². The number of carboxylic acids is 2. The summed E-state index contributed by atoms with van der Waals surface area (Å²) in [7, 11) is 0. The molecule has 0 fully saturated rings. The molecule has 9 aromatic rings. The molecule has 0 saturated carbocycles. The van der Waals surface area contributed by atoms with Gasteiger partial charge in [0.2, 0.25) is 0 Å². The summed E-state index contributed by atoms with van der Waals surface area (Å²) in [4.78, 5) is 73.4. The van der Waals surface area contributed by atoms with Crippen LogP contribution in [0.25, 0.3) is 32.3 Å². The summed E-state index contributed by atoms with van der Waals surface area (Å²) < 4.78 is 10.3. The van der Waals surface area contributed by atoms with E-state index in [0.717, 1.165) is 65.7 Å². The highest BCUT2D eigenvalue weighted by Crippen LogP contribution is 2.34. The van der Waals surface area contributed by atoms with Crippen molar-refractivity contribution < 1.29 is 48.5 Å². The van der Waals surface area contributed by atoms with E-state index in [9.17, 15) is 33.9 Å². The lowest BCUT2D eigenvalue weighted by molar-refractivity contribution is -0.150. The Bertz CT molecular complexity index is 3720. The average molecular weight is 1070 g/mol. The zero-order valence-electron chi connectivity index (χ0n) is 44.4. The van der Waals surface area contributed by atoms with Gasteiger partial charge in [-0.2, -0.15) is 0 Å². The molecule has 0 spiro atoms. The summed E-state index contributed by atoms with van der Waals surface area (Å²) in [5.41, 5.74) is 10.7. The second kappa shape index (κ2) is 24.1. The zero-order chi connectivity index (χ0) is 56.4. The topological polar surface area (TPSA) is 211 Å². The molecule has 0 radical (unpaired) electrons. The van der Waals surface area contributed by atoms with E-state index in [1.807, 2.05) is 176 Å². The Kier molecular flexibility index (Phi) is 16.6. The number of carbonyl (C=O) groups excluding carboxylic acids is 4. The molecular weight excluding hydrogens is 1010 g/mol. The summed E-state index contributed by atoms with van der Waals surface area (Å²) in [5.74, 6) is -3.16. The van der Waals surface area contributed by atoms with E-state index >= 15 is 0 Å². The molecule has 13 heteroatoms. The lowest BCUT2D eigenvalue weighted by atomic mass is 9.94. The highest BCUT2D eigenvalue weighted by Gasteiger charge is 2.47. The number of nitrogens with two attached hydrogens (primary N) is 1. The highest BCUT2D eigenvalue weighted by molar-refractivity contribution is 6.10. The number of carboxylic acid groups (broad SMARTS) is 2. The second-order valence-electron chi connectivity index (χ2n) is 20.2. The van der Waals surface area contributed by atoms with Gasteiger partial charge in [-0.15, -0.1) is 0 Å². The molecule has 3 aliphatic rings. The molecule has 0 bridgehead atoms. The smallest absolute Gasteiger partial charge is 0.336 e. The van der Waals surface area contributed by atoms with Crippen molar-refractivity contribution >= 4 is 68.0 Å². The van der Waals surface area contributed by atoms with E-state index in [1.165, 1.54) is 0 Å². The molecule has 0 heterocycles. The van der Waals surface area contributed by atoms with Crippen LogP contribution in [0.15, 0.2) is 200 Å². The molecular formula is C67H61N3O10. The van der Waals surface area contributed by atoms with E-state index in [4.69, 9.17) is 20.3 Å². The van der Waals surface area contributed by atoms with Gasteiger partial charge in [0.25, 0.3) is 11.8 Å². The third-order valence-corrected chi connectivity index (χ3v) is 14.9. The predicted octanol–water partition coefficient (Wildman–Crippen LogP) is 10.4. The highest BCUT2D eigenvalue weighted by atomic mass is 16.5. The number of ether oxygens (including phenoxy) is 2. The summed E-state index contributed by atoms with van der Waals surface area (Å²) >= 11 is 0. The average Bonchev–Trinajstić information content (AvgIpc) is 4.18. The number of amides is 2. The normalized spacial score (nSPS) is 14.4. The number of aliphatic carboxylic acids is 1. The lowest BCUT2D eigenvalue weighted by Gasteiger charge is -2.28. The predicted molar refractivity (Wildman–Crippen MR) is 309 cm³/mol. The maximum absolute atomic E-state index is 13.2. The van der Waals surface area contributed by atoms with Crippen LogP contribution in [0.3, 0.4) is 0 Å². The van der Waals surface area contributed by atoms with Gasteiger partial charge in [0.05, 0.1) is 18.8 Å². The third kappa shape index (κ3) is 11.8. The number of aromatic carboxylic acids is 1. The quantitative estimate of drug-likeness (QED) is 0.0813. The van der Waals surface area contributed by atoms with E-state index < -0.39 is 28.6 Å². The first-order valence-corrected chi connectivity index (χ1v) is 26.5. The van der Waals surface area contributed by atoms with Crippen LogP contribution < -0.4 is 16.4 Å². The molecule has 6 N–H and O–H groups in total. The summed E-state index contributed by atoms with van der Waals surface area (Å²) in [6, 6.07) is 62.7. The first-order chi connectivity index (χ1) is 38.7. The van der Waals surface area contributed by atoms with Crippen LogP contribution in [0.1, 0.15) is 78.3 Å². The van der Waals surface area contributed by atoms with Gasteiger partial charge in [0.1, 0.15) is 16.6 Å². The van der Waals surface area contributed by atoms with E-state index in [0.29, 0.717) is 61.8 Å². The molecule has 2 amide bonds. The molecule has 0 saturated heterocycles. The monoisotopic (exact) mass is 1070 g/mol. The van der Waals surface area contributed by atoms with Crippen molar-refractivity contribution in [1.29, 1.82) is 0 Å². The van der Waals surface area contributed by atoms with E-state index in [-0.39, 0.29) is 30.4 Å². The van der Waals surface area contributed by atoms with Crippen LogP contribution in [0.4, 0.5) is 0 Å². The fraction of sp³-hybridized carbons (Fsp3) is 0.194. The number of nitrogens with one attached hydrogen (secondary N) is 2. The molecule has 0 aliphatic heterocycles. The van der Waals surface area contributed by atoms with Crippen molar-refractivity contribution in [3.63, 3.8) is 0 Å². The Balaban J connectivity index is 0.000000135. The number of benzene rings is 9. The van der Waals surface area contributed by atoms with Crippen molar-refractivity contribution in [3.05, 3.63) is 250 Å². The van der Waals surface area contributed by atoms with Gasteiger partial charge < -0.3 is 36.1 Å². The molecule has 13 nitrogen and oxygen atoms in total. The Morgan fingerprint density at radius 1 is 0.400 bits per heavy atom. The summed E-state index contributed by atoms with van der Waals surface area (Å²) in [6.45, 7) is 4.23. The first-order valence-electron chi connectivity index (χ1n) is 26.5. The number of esters is 2. The van der Waals surface area contributed by atoms with Crippen molar-refractivity contribution in [2.24, 2.45) is 5.73 Å². The molecule has 12 rings (SSSR count). The number of carbonyl (C=O) groups is 6. The van der Waals surface area contributed by atoms with Crippen molar-refractivity contribution in [1.82, 2.24) is 10.6 Å². The van der Waals surface area contributed by atoms with Gasteiger partial charge in [0.15, 0.2) is 0 Å². The van der Waals surface area contributed by atoms with Gasteiger partial charge in [-0.05, 0) is 97.7 Å². The minimum absolute atomic E-state index is 0.257. The fourth-order valence-electron chi connectivity index (χ4n) is 11.0. The molecule has 0 unspecified atom stereocenters. The summed E-state index contributed by atoms with van der Waals surface area (Å²) in [6.07, 6.45) is 2.66. The van der Waals surface area contributed by atoms with Crippen LogP contribution in [-0.2, 0) is 62.4 Å².